The third kappa shape index (κ3) is 4.98. The van der Waals surface area contributed by atoms with Crippen molar-refractivity contribution in [3.8, 4) is 11.5 Å². The molecule has 0 bridgehead atoms. The summed E-state index contributed by atoms with van der Waals surface area (Å²) in [4.78, 5) is 14.1. The van der Waals surface area contributed by atoms with Gasteiger partial charge in [-0.1, -0.05) is 30.3 Å². The number of amides is 1. The molecule has 1 aliphatic heterocycles. The maximum Gasteiger partial charge on any atom is 0.217 e. The van der Waals surface area contributed by atoms with Crippen LogP contribution in [0.15, 0.2) is 54.6 Å². The summed E-state index contributed by atoms with van der Waals surface area (Å²) in [6.07, 6.45) is 2.12. The smallest absolute Gasteiger partial charge is 0.217 e. The molecule has 5 heteroatoms. The number of ether oxygens (including phenoxy) is 2. The normalized spacial score (nSPS) is 26.7. The fraction of sp³-hybridized carbons (Fsp3) is 0.458. The summed E-state index contributed by atoms with van der Waals surface area (Å²) in [5.74, 6) is 3.00. The molecule has 2 fully saturated rings. The van der Waals surface area contributed by atoms with E-state index in [2.05, 4.69) is 28.4 Å². The van der Waals surface area contributed by atoms with Crippen LogP contribution in [0.4, 0.5) is 0 Å². The van der Waals surface area contributed by atoms with Gasteiger partial charge in [-0.2, -0.15) is 0 Å². The van der Waals surface area contributed by atoms with Gasteiger partial charge in [0.2, 0.25) is 5.91 Å². The molecule has 1 amide bonds. The maximum atomic E-state index is 11.5. The highest BCUT2D eigenvalue weighted by atomic mass is 16.5. The zero-order chi connectivity index (χ0) is 20.2. The lowest BCUT2D eigenvalue weighted by Crippen LogP contribution is -2.49. The molecule has 5 nitrogen and oxygen atoms in total. The molecule has 2 aromatic rings. The fourth-order valence-corrected chi connectivity index (χ4v) is 4.90. The van der Waals surface area contributed by atoms with E-state index in [0.29, 0.717) is 11.8 Å². The number of rotatable bonds is 6. The maximum absolute atomic E-state index is 11.5. The van der Waals surface area contributed by atoms with E-state index in [1.807, 2.05) is 36.4 Å². The van der Waals surface area contributed by atoms with E-state index in [0.717, 1.165) is 44.0 Å². The lowest BCUT2D eigenvalue weighted by atomic mass is 9.77. The van der Waals surface area contributed by atoms with Crippen LogP contribution in [0.5, 0.6) is 11.5 Å². The number of hydrogen-bond acceptors (Lipinski definition) is 4. The summed E-state index contributed by atoms with van der Waals surface area (Å²) in [5.41, 5.74) is 1.26. The second-order valence-electron chi connectivity index (χ2n) is 8.33. The lowest BCUT2D eigenvalue weighted by Gasteiger charge is -2.37. The molecule has 0 radical (unpaired) electrons. The van der Waals surface area contributed by atoms with Crippen LogP contribution in [0, 0.1) is 11.8 Å². The average Bonchev–Trinajstić information content (AvgIpc) is 3.09. The number of carbonyl (C=O) groups excluding carboxylic acids is 1. The van der Waals surface area contributed by atoms with Crippen molar-refractivity contribution in [3.63, 3.8) is 0 Å². The third-order valence-electron chi connectivity index (χ3n) is 6.17. The monoisotopic (exact) mass is 394 g/mol. The van der Waals surface area contributed by atoms with Crippen LogP contribution in [0.2, 0.25) is 0 Å². The molecule has 154 valence electrons. The standard InChI is InChI=1S/C24H30N2O3/c1-17(27)25-23-12-19-15-26(16-20(19)13-24(23)28-2)14-18-7-6-10-22(11-18)29-21-8-4-3-5-9-21/h3-11,19-20,23-24H,12-16H2,1-2H3,(H,25,27)/t19-,20+,23-,24-/m1/s1. The second-order valence-corrected chi connectivity index (χ2v) is 8.33. The van der Waals surface area contributed by atoms with E-state index in [1.165, 1.54) is 5.56 Å². The first-order valence-electron chi connectivity index (χ1n) is 10.4. The summed E-state index contributed by atoms with van der Waals surface area (Å²) >= 11 is 0. The number of fused-ring (bicyclic) bond motifs is 1. The lowest BCUT2D eigenvalue weighted by molar-refractivity contribution is -0.121. The van der Waals surface area contributed by atoms with Crippen molar-refractivity contribution >= 4 is 5.91 Å². The molecular formula is C24H30N2O3. The van der Waals surface area contributed by atoms with Crippen molar-refractivity contribution in [3.05, 3.63) is 60.2 Å². The third-order valence-corrected chi connectivity index (χ3v) is 6.17. The number of nitrogens with zero attached hydrogens (tertiary/aromatic N) is 1. The summed E-state index contributed by atoms with van der Waals surface area (Å²) < 4.78 is 11.7. The van der Waals surface area contributed by atoms with E-state index in [1.54, 1.807) is 14.0 Å². The Morgan fingerprint density at radius 3 is 2.48 bits per heavy atom. The van der Waals surface area contributed by atoms with Gasteiger partial charge in [-0.15, -0.1) is 0 Å². The highest BCUT2D eigenvalue weighted by molar-refractivity contribution is 5.73. The SMILES string of the molecule is CO[C@@H]1C[C@H]2CN(Cc3cccc(Oc4ccccc4)c3)C[C@H]2C[C@H]1NC(C)=O. The quantitative estimate of drug-likeness (QED) is 0.809. The van der Waals surface area contributed by atoms with E-state index < -0.39 is 0 Å². The predicted octanol–water partition coefficient (Wildman–Crippen LogP) is 3.84. The van der Waals surface area contributed by atoms with E-state index >= 15 is 0 Å². The van der Waals surface area contributed by atoms with Crippen LogP contribution in [-0.4, -0.2) is 43.2 Å². The summed E-state index contributed by atoms with van der Waals surface area (Å²) in [7, 11) is 1.75. The minimum atomic E-state index is 0.0283. The van der Waals surface area contributed by atoms with Gasteiger partial charge in [0.1, 0.15) is 11.5 Å². The Labute approximate surface area is 173 Å². The van der Waals surface area contributed by atoms with Gasteiger partial charge in [0.05, 0.1) is 12.1 Å². The number of para-hydroxylation sites is 1. The zero-order valence-corrected chi connectivity index (χ0v) is 17.2. The Morgan fingerprint density at radius 1 is 1.03 bits per heavy atom. The van der Waals surface area contributed by atoms with Crippen LogP contribution in [-0.2, 0) is 16.1 Å². The van der Waals surface area contributed by atoms with Gasteiger partial charge in [-0.25, -0.2) is 0 Å². The molecule has 1 N–H and O–H groups in total. The molecule has 1 saturated carbocycles. The van der Waals surface area contributed by atoms with Crippen molar-refractivity contribution in [2.75, 3.05) is 20.2 Å². The number of benzene rings is 2. The number of likely N-dealkylation sites (tertiary alicyclic amines) is 1. The van der Waals surface area contributed by atoms with E-state index in [9.17, 15) is 4.79 Å². The topological polar surface area (TPSA) is 50.8 Å². The first kappa shape index (κ1) is 19.9. The Hall–Kier alpha value is -2.37. The summed E-state index contributed by atoms with van der Waals surface area (Å²) in [6.45, 7) is 4.66. The molecule has 0 aromatic heterocycles. The molecule has 1 saturated heterocycles. The highest BCUT2D eigenvalue weighted by Crippen LogP contribution is 2.38. The minimum Gasteiger partial charge on any atom is -0.457 e. The van der Waals surface area contributed by atoms with Crippen LogP contribution in [0.3, 0.4) is 0 Å². The predicted molar refractivity (Wildman–Crippen MR) is 113 cm³/mol. The second kappa shape index (κ2) is 8.97. The van der Waals surface area contributed by atoms with Crippen molar-refractivity contribution in [1.29, 1.82) is 0 Å². The Balaban J connectivity index is 1.38. The van der Waals surface area contributed by atoms with Gasteiger partial charge in [0, 0.05) is 33.7 Å². The molecule has 1 aliphatic carbocycles. The van der Waals surface area contributed by atoms with Crippen LogP contribution < -0.4 is 10.1 Å². The van der Waals surface area contributed by atoms with E-state index in [4.69, 9.17) is 9.47 Å². The van der Waals surface area contributed by atoms with Crippen LogP contribution in [0.1, 0.15) is 25.3 Å². The fourth-order valence-electron chi connectivity index (χ4n) is 4.90. The zero-order valence-electron chi connectivity index (χ0n) is 17.2. The highest BCUT2D eigenvalue weighted by Gasteiger charge is 2.42. The number of methoxy groups -OCH3 is 1. The average molecular weight is 395 g/mol. The van der Waals surface area contributed by atoms with Gasteiger partial charge in [0.15, 0.2) is 0 Å². The van der Waals surface area contributed by atoms with Crippen molar-refractivity contribution in [2.24, 2.45) is 11.8 Å². The molecule has 2 aliphatic rings. The molecule has 4 atom stereocenters. The molecular weight excluding hydrogens is 364 g/mol. The number of nitrogens with one attached hydrogen (secondary N) is 1. The number of carbonyl (C=O) groups is 1. The number of hydrogen-bond donors (Lipinski definition) is 1. The Kier molecular flexibility index (Phi) is 6.16. The summed E-state index contributed by atoms with van der Waals surface area (Å²) in [6, 6.07) is 18.4. The molecule has 29 heavy (non-hydrogen) atoms. The first-order valence-corrected chi connectivity index (χ1v) is 10.4. The molecule has 1 heterocycles. The molecule has 2 aromatic carbocycles. The van der Waals surface area contributed by atoms with Crippen molar-refractivity contribution < 1.29 is 14.3 Å². The van der Waals surface area contributed by atoms with Gasteiger partial charge in [-0.3, -0.25) is 9.69 Å². The minimum absolute atomic E-state index is 0.0283. The van der Waals surface area contributed by atoms with Gasteiger partial charge >= 0.3 is 0 Å². The van der Waals surface area contributed by atoms with E-state index in [-0.39, 0.29) is 18.1 Å². The van der Waals surface area contributed by atoms with Crippen molar-refractivity contribution in [1.82, 2.24) is 10.2 Å². The van der Waals surface area contributed by atoms with Gasteiger partial charge in [-0.05, 0) is 54.5 Å². The molecule has 0 spiro atoms. The van der Waals surface area contributed by atoms with Crippen molar-refractivity contribution in [2.45, 2.75) is 38.5 Å². The molecule has 0 unspecified atom stereocenters. The van der Waals surface area contributed by atoms with Crippen LogP contribution in [0.25, 0.3) is 0 Å². The van der Waals surface area contributed by atoms with Gasteiger partial charge < -0.3 is 14.8 Å². The largest absolute Gasteiger partial charge is 0.457 e. The van der Waals surface area contributed by atoms with Gasteiger partial charge in [0.25, 0.3) is 0 Å². The summed E-state index contributed by atoms with van der Waals surface area (Å²) in [5, 5.41) is 3.09. The Morgan fingerprint density at radius 2 is 1.76 bits per heavy atom. The Bertz CT molecular complexity index is 826. The van der Waals surface area contributed by atoms with Crippen LogP contribution >= 0.6 is 0 Å². The first-order chi connectivity index (χ1) is 14.1. The molecule has 4 rings (SSSR count).